The van der Waals surface area contributed by atoms with E-state index in [1.807, 2.05) is 12.1 Å². The third kappa shape index (κ3) is 4.41. The number of furan rings is 1. The Kier molecular flexibility index (Phi) is 5.84. The fourth-order valence-corrected chi connectivity index (χ4v) is 4.57. The van der Waals surface area contributed by atoms with Crippen LogP contribution in [0.3, 0.4) is 0 Å². The monoisotopic (exact) mass is 498 g/mol. The maximum atomic E-state index is 13.0. The van der Waals surface area contributed by atoms with E-state index >= 15 is 0 Å². The molecule has 2 aliphatic heterocycles. The predicted molar refractivity (Wildman–Crippen MR) is 123 cm³/mol. The summed E-state index contributed by atoms with van der Waals surface area (Å²) in [6, 6.07) is 9.39. The van der Waals surface area contributed by atoms with E-state index in [4.69, 9.17) is 20.8 Å². The second-order valence-electron chi connectivity index (χ2n) is 8.99. The molecular formula is C24H23ClN4O6. The maximum Gasteiger partial charge on any atom is 0.326 e. The Morgan fingerprint density at radius 2 is 1.97 bits per heavy atom. The zero-order chi connectivity index (χ0) is 24.7. The van der Waals surface area contributed by atoms with E-state index < -0.39 is 48.5 Å². The minimum absolute atomic E-state index is 0.0722. The summed E-state index contributed by atoms with van der Waals surface area (Å²) in [5.41, 5.74) is 0.461. The fraction of sp³-hybridized carbons (Fsp3) is 0.375. The van der Waals surface area contributed by atoms with Gasteiger partial charge in [-0.2, -0.15) is 5.10 Å². The summed E-state index contributed by atoms with van der Waals surface area (Å²) in [5.74, 6) is -1.27. The highest BCUT2D eigenvalue weighted by Gasteiger charge is 2.56. The van der Waals surface area contributed by atoms with Crippen molar-refractivity contribution in [3.05, 3.63) is 59.0 Å². The summed E-state index contributed by atoms with van der Waals surface area (Å²) in [6.45, 7) is 0.496. The van der Waals surface area contributed by atoms with Crippen molar-refractivity contribution in [1.29, 1.82) is 0 Å². The molecule has 2 aromatic rings. The van der Waals surface area contributed by atoms with Crippen LogP contribution in [0, 0.1) is 5.92 Å². The van der Waals surface area contributed by atoms with Crippen molar-refractivity contribution in [1.82, 2.24) is 15.2 Å². The number of halogens is 1. The number of carbonyl (C=O) groups excluding carboxylic acids is 4. The van der Waals surface area contributed by atoms with E-state index in [9.17, 15) is 19.2 Å². The zero-order valence-corrected chi connectivity index (χ0v) is 19.7. The average Bonchev–Trinajstić information content (AvgIpc) is 3.30. The summed E-state index contributed by atoms with van der Waals surface area (Å²) < 4.78 is 10.6. The number of amides is 4. The van der Waals surface area contributed by atoms with Crippen LogP contribution in [0.25, 0.3) is 0 Å². The van der Waals surface area contributed by atoms with Crippen LogP contribution in [0.2, 0.25) is 5.02 Å². The van der Waals surface area contributed by atoms with Gasteiger partial charge in [0.2, 0.25) is 0 Å². The lowest BCUT2D eigenvalue weighted by atomic mass is 9.96. The molecule has 0 radical (unpaired) electrons. The summed E-state index contributed by atoms with van der Waals surface area (Å²) in [5, 5.41) is 8.93. The zero-order valence-electron chi connectivity index (χ0n) is 18.9. The number of imide groups is 1. The van der Waals surface area contributed by atoms with Gasteiger partial charge in [-0.15, -0.1) is 0 Å². The molecule has 1 aromatic heterocycles. The number of benzene rings is 1. The number of ether oxygens (including phenoxy) is 1. The van der Waals surface area contributed by atoms with Crippen molar-refractivity contribution < 1.29 is 28.3 Å². The summed E-state index contributed by atoms with van der Waals surface area (Å²) in [4.78, 5) is 51.2. The Morgan fingerprint density at radius 1 is 1.23 bits per heavy atom. The first kappa shape index (κ1) is 23.1. The molecule has 2 unspecified atom stereocenters. The van der Waals surface area contributed by atoms with Crippen molar-refractivity contribution in [3.8, 4) is 0 Å². The van der Waals surface area contributed by atoms with Crippen molar-refractivity contribution in [3.63, 3.8) is 0 Å². The number of hydrazone groups is 1. The van der Waals surface area contributed by atoms with E-state index in [0.29, 0.717) is 22.9 Å². The van der Waals surface area contributed by atoms with Gasteiger partial charge < -0.3 is 14.5 Å². The van der Waals surface area contributed by atoms with Gasteiger partial charge in [0.1, 0.15) is 23.9 Å². The van der Waals surface area contributed by atoms with E-state index in [1.165, 1.54) is 11.3 Å². The van der Waals surface area contributed by atoms with Gasteiger partial charge in [0, 0.05) is 11.4 Å². The topological polar surface area (TPSA) is 122 Å². The number of nitrogens with one attached hydrogen (secondary N) is 1. The lowest BCUT2D eigenvalue weighted by Crippen LogP contribution is -2.46. The minimum atomic E-state index is -0.994. The molecule has 0 spiro atoms. The van der Waals surface area contributed by atoms with Crippen LogP contribution in [-0.2, 0) is 19.1 Å². The predicted octanol–water partition coefficient (Wildman–Crippen LogP) is 2.87. The highest BCUT2D eigenvalue weighted by atomic mass is 35.5. The SMILES string of the molecule is CC1(C2CC2)NC(=O)N(CC(=O)OCC(=O)N2N=C(c3ccc(Cl)cc3)CC2c2ccco2)C1=O. The Morgan fingerprint density at radius 3 is 2.63 bits per heavy atom. The first-order chi connectivity index (χ1) is 16.8. The van der Waals surface area contributed by atoms with Crippen LogP contribution >= 0.6 is 11.6 Å². The van der Waals surface area contributed by atoms with Gasteiger partial charge >= 0.3 is 12.0 Å². The standard InChI is InChI=1S/C24H23ClN4O6/c1-24(15-6-7-15)22(32)28(23(33)26-24)12-21(31)35-13-20(30)29-18(19-3-2-10-34-19)11-17(27-29)14-4-8-16(25)9-5-14/h2-5,8-10,15,18H,6-7,11-13H2,1H3,(H,26,33). The minimum Gasteiger partial charge on any atom is -0.467 e. The molecule has 3 heterocycles. The van der Waals surface area contributed by atoms with E-state index in [0.717, 1.165) is 23.3 Å². The number of urea groups is 1. The Balaban J connectivity index is 1.24. The van der Waals surface area contributed by atoms with Gasteiger partial charge in [-0.3, -0.25) is 19.3 Å². The van der Waals surface area contributed by atoms with Crippen molar-refractivity contribution in [2.45, 2.75) is 37.8 Å². The first-order valence-corrected chi connectivity index (χ1v) is 11.6. The molecule has 35 heavy (non-hydrogen) atoms. The van der Waals surface area contributed by atoms with Gasteiger partial charge in [0.15, 0.2) is 6.61 Å². The van der Waals surface area contributed by atoms with Gasteiger partial charge in [0.05, 0.1) is 12.0 Å². The summed E-state index contributed by atoms with van der Waals surface area (Å²) in [7, 11) is 0. The molecule has 1 aliphatic carbocycles. The second-order valence-corrected chi connectivity index (χ2v) is 9.42. The fourth-order valence-electron chi connectivity index (χ4n) is 4.44. The largest absolute Gasteiger partial charge is 0.467 e. The Labute approximate surface area is 205 Å². The molecule has 182 valence electrons. The molecule has 1 saturated carbocycles. The van der Waals surface area contributed by atoms with Crippen LogP contribution in [-0.4, -0.2) is 58.1 Å². The molecule has 2 atom stereocenters. The molecule has 3 aliphatic rings. The second kappa shape index (κ2) is 8.84. The molecule has 0 bridgehead atoms. The number of carbonyl (C=O) groups is 4. The molecule has 1 N–H and O–H groups in total. The van der Waals surface area contributed by atoms with Gasteiger partial charge in [0.25, 0.3) is 11.8 Å². The molecule has 1 aromatic carbocycles. The third-order valence-electron chi connectivity index (χ3n) is 6.55. The van der Waals surface area contributed by atoms with Crippen molar-refractivity contribution >= 4 is 41.1 Å². The maximum absolute atomic E-state index is 13.0. The van der Waals surface area contributed by atoms with E-state index in [-0.39, 0.29) is 5.92 Å². The van der Waals surface area contributed by atoms with Gasteiger partial charge in [-0.05, 0) is 55.5 Å². The number of esters is 1. The molecule has 10 nitrogen and oxygen atoms in total. The first-order valence-electron chi connectivity index (χ1n) is 11.2. The molecule has 2 fully saturated rings. The lowest BCUT2D eigenvalue weighted by Gasteiger charge is -2.21. The lowest BCUT2D eigenvalue weighted by molar-refractivity contribution is -0.154. The summed E-state index contributed by atoms with van der Waals surface area (Å²) >= 11 is 5.97. The Hall–Kier alpha value is -3.66. The van der Waals surface area contributed by atoms with Crippen LogP contribution in [0.5, 0.6) is 0 Å². The third-order valence-corrected chi connectivity index (χ3v) is 6.81. The highest BCUT2D eigenvalue weighted by molar-refractivity contribution is 6.30. The van der Waals surface area contributed by atoms with Crippen LogP contribution in [0.1, 0.15) is 43.6 Å². The average molecular weight is 499 g/mol. The van der Waals surface area contributed by atoms with Crippen LogP contribution in [0.15, 0.2) is 52.2 Å². The number of rotatable bonds is 7. The van der Waals surface area contributed by atoms with Crippen molar-refractivity contribution in [2.24, 2.45) is 11.0 Å². The Bertz CT molecular complexity index is 1210. The molecule has 1 saturated heterocycles. The number of nitrogens with zero attached hydrogens (tertiary/aromatic N) is 3. The van der Waals surface area contributed by atoms with E-state index in [2.05, 4.69) is 10.4 Å². The van der Waals surface area contributed by atoms with Gasteiger partial charge in [-0.25, -0.2) is 9.80 Å². The smallest absolute Gasteiger partial charge is 0.326 e. The number of hydrogen-bond acceptors (Lipinski definition) is 7. The van der Waals surface area contributed by atoms with E-state index in [1.54, 1.807) is 31.2 Å². The number of hydrogen-bond donors (Lipinski definition) is 1. The van der Waals surface area contributed by atoms with Crippen LogP contribution in [0.4, 0.5) is 4.79 Å². The normalized spacial score (nSPS) is 23.9. The highest BCUT2D eigenvalue weighted by Crippen LogP contribution is 2.42. The van der Waals surface area contributed by atoms with Gasteiger partial charge in [-0.1, -0.05) is 23.7 Å². The molecule has 4 amide bonds. The summed E-state index contributed by atoms with van der Waals surface area (Å²) in [6.07, 6.45) is 3.60. The quantitative estimate of drug-likeness (QED) is 0.462. The molecule has 11 heteroatoms. The van der Waals surface area contributed by atoms with Crippen LogP contribution < -0.4 is 5.32 Å². The molecular weight excluding hydrogens is 476 g/mol. The molecule has 5 rings (SSSR count). The van der Waals surface area contributed by atoms with Crippen molar-refractivity contribution in [2.75, 3.05) is 13.2 Å².